The molecular formula is C12H9F2NO. The van der Waals surface area contributed by atoms with E-state index in [-0.39, 0.29) is 5.56 Å². The number of benzene rings is 1. The van der Waals surface area contributed by atoms with Gasteiger partial charge in [-0.25, -0.2) is 0 Å². The van der Waals surface area contributed by atoms with Crippen molar-refractivity contribution < 1.29 is 13.5 Å². The third-order valence-corrected chi connectivity index (χ3v) is 2.22. The maximum atomic E-state index is 13.3. The predicted molar refractivity (Wildman–Crippen MR) is 56.1 cm³/mol. The molecule has 2 nitrogen and oxygen atoms in total. The molecule has 0 aliphatic heterocycles. The largest absolute Gasteiger partial charge is 0.497 e. The summed E-state index contributed by atoms with van der Waals surface area (Å²) >= 11 is 0. The van der Waals surface area contributed by atoms with Gasteiger partial charge in [0, 0.05) is 5.56 Å². The third kappa shape index (κ3) is 2.00. The van der Waals surface area contributed by atoms with E-state index in [1.54, 1.807) is 31.4 Å². The monoisotopic (exact) mass is 221 g/mol. The molecule has 0 aliphatic rings. The summed E-state index contributed by atoms with van der Waals surface area (Å²) in [6.45, 7) is 0. The fourth-order valence-corrected chi connectivity index (χ4v) is 1.40. The van der Waals surface area contributed by atoms with E-state index < -0.39 is 11.9 Å². The molecule has 82 valence electrons. The number of nitrogens with zero attached hydrogens (tertiary/aromatic N) is 1. The standard InChI is InChI=1S/C12H9F2NO/c1-16-9-4-2-8(3-5-9)10-6-7-11(13)15-12(10)14/h2-7H,1H3. The van der Waals surface area contributed by atoms with E-state index in [9.17, 15) is 8.78 Å². The molecule has 2 aromatic rings. The lowest BCUT2D eigenvalue weighted by molar-refractivity contribution is 0.415. The number of hydrogen-bond acceptors (Lipinski definition) is 2. The number of hydrogen-bond donors (Lipinski definition) is 0. The van der Waals surface area contributed by atoms with Crippen molar-refractivity contribution in [3.8, 4) is 16.9 Å². The van der Waals surface area contributed by atoms with Gasteiger partial charge >= 0.3 is 0 Å². The van der Waals surface area contributed by atoms with Gasteiger partial charge in [-0.15, -0.1) is 0 Å². The lowest BCUT2D eigenvalue weighted by Crippen LogP contribution is -1.92. The van der Waals surface area contributed by atoms with E-state index in [0.717, 1.165) is 6.07 Å². The Balaban J connectivity index is 2.42. The normalized spacial score (nSPS) is 10.2. The van der Waals surface area contributed by atoms with Gasteiger partial charge in [-0.1, -0.05) is 12.1 Å². The van der Waals surface area contributed by atoms with Crippen molar-refractivity contribution >= 4 is 0 Å². The van der Waals surface area contributed by atoms with Crippen LogP contribution in [0.25, 0.3) is 11.1 Å². The molecule has 0 saturated carbocycles. The van der Waals surface area contributed by atoms with Crippen LogP contribution in [-0.4, -0.2) is 12.1 Å². The van der Waals surface area contributed by atoms with Crippen LogP contribution in [0.4, 0.5) is 8.78 Å². The molecule has 16 heavy (non-hydrogen) atoms. The maximum absolute atomic E-state index is 13.3. The molecule has 0 aliphatic carbocycles. The second-order valence-corrected chi connectivity index (χ2v) is 3.20. The van der Waals surface area contributed by atoms with Gasteiger partial charge in [0.05, 0.1) is 7.11 Å². The zero-order chi connectivity index (χ0) is 11.5. The first kappa shape index (κ1) is 10.5. The highest BCUT2D eigenvalue weighted by Crippen LogP contribution is 2.23. The van der Waals surface area contributed by atoms with Crippen molar-refractivity contribution in [1.29, 1.82) is 0 Å². The van der Waals surface area contributed by atoms with Crippen LogP contribution in [0.3, 0.4) is 0 Å². The van der Waals surface area contributed by atoms with E-state index in [4.69, 9.17) is 4.74 Å². The number of methoxy groups -OCH3 is 1. The molecule has 0 bridgehead atoms. The Bertz CT molecular complexity index is 497. The van der Waals surface area contributed by atoms with E-state index in [1.807, 2.05) is 0 Å². The summed E-state index contributed by atoms with van der Waals surface area (Å²) in [5.41, 5.74) is 0.898. The molecule has 0 fully saturated rings. The first-order valence-corrected chi connectivity index (χ1v) is 4.67. The number of aromatic nitrogens is 1. The molecule has 0 N–H and O–H groups in total. The Morgan fingerprint density at radius 3 is 2.25 bits per heavy atom. The second kappa shape index (κ2) is 4.26. The van der Waals surface area contributed by atoms with Gasteiger partial charge < -0.3 is 4.74 Å². The molecule has 0 atom stereocenters. The highest BCUT2D eigenvalue weighted by atomic mass is 19.1. The van der Waals surface area contributed by atoms with Crippen LogP contribution in [0, 0.1) is 11.9 Å². The molecule has 4 heteroatoms. The summed E-state index contributed by atoms with van der Waals surface area (Å²) in [6.07, 6.45) is 0. The second-order valence-electron chi connectivity index (χ2n) is 3.20. The van der Waals surface area contributed by atoms with Crippen LogP contribution in [0.5, 0.6) is 5.75 Å². The minimum absolute atomic E-state index is 0.268. The zero-order valence-corrected chi connectivity index (χ0v) is 8.58. The number of ether oxygens (including phenoxy) is 1. The molecule has 0 amide bonds. The molecule has 0 spiro atoms. The van der Waals surface area contributed by atoms with Gasteiger partial charge in [-0.05, 0) is 29.8 Å². The summed E-state index contributed by atoms with van der Waals surface area (Å²) < 4.78 is 30.9. The Labute approximate surface area is 91.5 Å². The van der Waals surface area contributed by atoms with E-state index in [2.05, 4.69) is 4.98 Å². The lowest BCUT2D eigenvalue weighted by atomic mass is 10.1. The SMILES string of the molecule is COc1ccc(-c2ccc(F)nc2F)cc1. The summed E-state index contributed by atoms with van der Waals surface area (Å²) in [5.74, 6) is -0.959. The summed E-state index contributed by atoms with van der Waals surface area (Å²) in [7, 11) is 1.55. The van der Waals surface area contributed by atoms with Crippen molar-refractivity contribution in [1.82, 2.24) is 4.98 Å². The molecule has 0 unspecified atom stereocenters. The average Bonchev–Trinajstić information content (AvgIpc) is 2.29. The average molecular weight is 221 g/mol. The highest BCUT2D eigenvalue weighted by molar-refractivity contribution is 5.63. The van der Waals surface area contributed by atoms with Gasteiger partial charge in [-0.2, -0.15) is 13.8 Å². The van der Waals surface area contributed by atoms with Crippen molar-refractivity contribution in [3.63, 3.8) is 0 Å². The Morgan fingerprint density at radius 1 is 1.00 bits per heavy atom. The topological polar surface area (TPSA) is 22.1 Å². The Hall–Kier alpha value is -1.97. The van der Waals surface area contributed by atoms with E-state index in [0.29, 0.717) is 11.3 Å². The van der Waals surface area contributed by atoms with Gasteiger partial charge in [0.15, 0.2) is 0 Å². The van der Waals surface area contributed by atoms with Gasteiger partial charge in [0.1, 0.15) is 5.75 Å². The van der Waals surface area contributed by atoms with Gasteiger partial charge in [-0.3, -0.25) is 0 Å². The molecule has 1 aromatic heterocycles. The van der Waals surface area contributed by atoms with Crippen molar-refractivity contribution in [2.75, 3.05) is 7.11 Å². The molecule has 1 heterocycles. The Kier molecular flexibility index (Phi) is 2.81. The summed E-state index contributed by atoms with van der Waals surface area (Å²) in [6, 6.07) is 9.28. The van der Waals surface area contributed by atoms with E-state index in [1.165, 1.54) is 6.07 Å². The molecule has 1 aromatic carbocycles. The molecular weight excluding hydrogens is 212 g/mol. The zero-order valence-electron chi connectivity index (χ0n) is 8.58. The Morgan fingerprint density at radius 2 is 1.69 bits per heavy atom. The van der Waals surface area contributed by atoms with Gasteiger partial charge in [0.25, 0.3) is 0 Å². The predicted octanol–water partition coefficient (Wildman–Crippen LogP) is 3.04. The quantitative estimate of drug-likeness (QED) is 0.727. The number of halogens is 2. The van der Waals surface area contributed by atoms with Crippen LogP contribution < -0.4 is 4.74 Å². The van der Waals surface area contributed by atoms with Crippen LogP contribution in [0.15, 0.2) is 36.4 Å². The highest BCUT2D eigenvalue weighted by Gasteiger charge is 2.07. The lowest BCUT2D eigenvalue weighted by Gasteiger charge is -2.04. The van der Waals surface area contributed by atoms with Crippen molar-refractivity contribution in [2.45, 2.75) is 0 Å². The van der Waals surface area contributed by atoms with Crippen LogP contribution >= 0.6 is 0 Å². The maximum Gasteiger partial charge on any atom is 0.223 e. The summed E-state index contributed by atoms with van der Waals surface area (Å²) in [4.78, 5) is 3.13. The first-order valence-electron chi connectivity index (χ1n) is 4.67. The first-order chi connectivity index (χ1) is 7.70. The number of pyridine rings is 1. The van der Waals surface area contributed by atoms with Gasteiger partial charge in [0.2, 0.25) is 11.9 Å². The molecule has 0 radical (unpaired) electrons. The van der Waals surface area contributed by atoms with Crippen LogP contribution in [0.1, 0.15) is 0 Å². The number of rotatable bonds is 2. The fraction of sp³-hybridized carbons (Fsp3) is 0.0833. The van der Waals surface area contributed by atoms with E-state index >= 15 is 0 Å². The molecule has 2 rings (SSSR count). The summed E-state index contributed by atoms with van der Waals surface area (Å²) in [5, 5.41) is 0. The van der Waals surface area contributed by atoms with Crippen molar-refractivity contribution in [2.24, 2.45) is 0 Å². The van der Waals surface area contributed by atoms with Crippen LogP contribution in [-0.2, 0) is 0 Å². The molecule has 0 saturated heterocycles. The van der Waals surface area contributed by atoms with Crippen LogP contribution in [0.2, 0.25) is 0 Å². The third-order valence-electron chi connectivity index (χ3n) is 2.22. The van der Waals surface area contributed by atoms with Crippen molar-refractivity contribution in [3.05, 3.63) is 48.3 Å². The minimum atomic E-state index is -0.824. The fourth-order valence-electron chi connectivity index (χ4n) is 1.40. The smallest absolute Gasteiger partial charge is 0.223 e. The minimum Gasteiger partial charge on any atom is -0.497 e.